The van der Waals surface area contributed by atoms with Gasteiger partial charge in [-0.2, -0.15) is 18.3 Å². The van der Waals surface area contributed by atoms with Crippen molar-refractivity contribution >= 4 is 11.8 Å². The van der Waals surface area contributed by atoms with Crippen molar-refractivity contribution in [2.45, 2.75) is 43.9 Å². The predicted molar refractivity (Wildman–Crippen MR) is 115 cm³/mol. The third kappa shape index (κ3) is 3.55. The number of alkyl halides is 3. The van der Waals surface area contributed by atoms with Gasteiger partial charge in [-0.3, -0.25) is 9.36 Å². The average Bonchev–Trinajstić information content (AvgIpc) is 3.40. The predicted octanol–water partition coefficient (Wildman–Crippen LogP) is 2.28. The number of nitrogens with one attached hydrogen (secondary N) is 1. The van der Waals surface area contributed by atoms with Crippen molar-refractivity contribution in [3.05, 3.63) is 41.5 Å². The van der Waals surface area contributed by atoms with E-state index in [1.807, 2.05) is 13.8 Å². The number of carbonyl (C=O) groups is 1. The summed E-state index contributed by atoms with van der Waals surface area (Å²) in [5.74, 6) is -0.565. The lowest BCUT2D eigenvalue weighted by Crippen LogP contribution is -2.64. The molecule has 0 aliphatic carbocycles. The van der Waals surface area contributed by atoms with Gasteiger partial charge in [0.15, 0.2) is 0 Å². The maximum atomic E-state index is 13.2. The summed E-state index contributed by atoms with van der Waals surface area (Å²) in [5.41, 5.74) is 5.68. The Balaban J connectivity index is 1.32. The van der Waals surface area contributed by atoms with E-state index in [-0.39, 0.29) is 17.0 Å². The zero-order chi connectivity index (χ0) is 24.5. The van der Waals surface area contributed by atoms with Gasteiger partial charge in [0.05, 0.1) is 23.0 Å². The summed E-state index contributed by atoms with van der Waals surface area (Å²) < 4.78 is 43.1. The Labute approximate surface area is 192 Å². The summed E-state index contributed by atoms with van der Waals surface area (Å²) in [7, 11) is 1.76. The highest BCUT2D eigenvalue weighted by Crippen LogP contribution is 2.44. The molecule has 0 aromatic carbocycles. The van der Waals surface area contributed by atoms with Crippen LogP contribution in [0.5, 0.6) is 0 Å². The Bertz CT molecular complexity index is 1270. The second kappa shape index (κ2) is 7.18. The largest absolute Gasteiger partial charge is 0.419 e. The number of rotatable bonds is 3. The Kier molecular flexibility index (Phi) is 4.68. The number of fused-ring (bicyclic) bond motifs is 2. The second-order valence-electron chi connectivity index (χ2n) is 9.51. The van der Waals surface area contributed by atoms with Crippen LogP contribution in [-0.2, 0) is 30.7 Å². The molecule has 1 spiro atoms. The first-order chi connectivity index (χ1) is 15.9. The van der Waals surface area contributed by atoms with Crippen LogP contribution >= 0.6 is 0 Å². The van der Waals surface area contributed by atoms with Crippen LogP contribution in [0, 0.1) is 0 Å². The molecule has 180 valence electrons. The first kappa shape index (κ1) is 22.2. The molecule has 34 heavy (non-hydrogen) atoms. The number of pyridine rings is 1. The van der Waals surface area contributed by atoms with E-state index < -0.39 is 23.1 Å². The van der Waals surface area contributed by atoms with Crippen molar-refractivity contribution in [3.63, 3.8) is 0 Å². The zero-order valence-electron chi connectivity index (χ0n) is 18.9. The minimum absolute atomic E-state index is 0.211. The highest BCUT2D eigenvalue weighted by atomic mass is 19.4. The Morgan fingerprint density at radius 3 is 2.62 bits per heavy atom. The third-order valence-corrected chi connectivity index (χ3v) is 6.58. The van der Waals surface area contributed by atoms with Crippen molar-refractivity contribution in [2.75, 3.05) is 18.8 Å². The molecule has 3 aromatic rings. The fraction of sp³-hybridized carbons (Fsp3) is 0.476. The number of halogens is 3. The lowest BCUT2D eigenvalue weighted by atomic mass is 9.76. The number of nitrogens with zero attached hydrogens (tertiary/aromatic N) is 7. The molecule has 2 aliphatic rings. The van der Waals surface area contributed by atoms with Crippen LogP contribution in [0.3, 0.4) is 0 Å². The molecule has 1 saturated heterocycles. The van der Waals surface area contributed by atoms with E-state index in [1.165, 1.54) is 6.20 Å². The van der Waals surface area contributed by atoms with Gasteiger partial charge in [0.2, 0.25) is 0 Å². The number of carbonyl (C=O) groups excluding carboxylic acids is 1. The fourth-order valence-corrected chi connectivity index (χ4v) is 4.64. The number of hydrogen-bond acceptors (Lipinski definition) is 6. The normalized spacial score (nSPS) is 17.1. The number of likely N-dealkylation sites (tertiary alicyclic amines) is 1. The molecule has 3 aromatic heterocycles. The van der Waals surface area contributed by atoms with E-state index in [9.17, 15) is 18.0 Å². The molecule has 2 aliphatic heterocycles. The summed E-state index contributed by atoms with van der Waals surface area (Å²) in [6.07, 6.45) is -0.742. The number of amides is 2. The fourth-order valence-electron chi connectivity index (χ4n) is 4.64. The van der Waals surface area contributed by atoms with Crippen LogP contribution in [0.1, 0.15) is 37.2 Å². The van der Waals surface area contributed by atoms with Crippen LogP contribution in [0.2, 0.25) is 0 Å². The molecule has 2 amide bonds. The van der Waals surface area contributed by atoms with E-state index in [0.717, 1.165) is 18.2 Å². The van der Waals surface area contributed by atoms with Crippen molar-refractivity contribution in [2.24, 2.45) is 7.05 Å². The summed E-state index contributed by atoms with van der Waals surface area (Å²) in [6, 6.07) is 2.55. The van der Waals surface area contributed by atoms with Gasteiger partial charge < -0.3 is 16.0 Å². The van der Waals surface area contributed by atoms with E-state index in [2.05, 4.69) is 25.7 Å². The van der Waals surface area contributed by atoms with Crippen molar-refractivity contribution < 1.29 is 18.0 Å². The Morgan fingerprint density at radius 2 is 1.97 bits per heavy atom. The van der Waals surface area contributed by atoms with Gasteiger partial charge >= 0.3 is 12.2 Å². The molecule has 0 unspecified atom stereocenters. The number of nitrogens with two attached hydrogens (primary N) is 1. The van der Waals surface area contributed by atoms with E-state index in [4.69, 9.17) is 5.73 Å². The van der Waals surface area contributed by atoms with Crippen LogP contribution in [0.25, 0.3) is 11.3 Å². The molecular weight excluding hydrogens is 451 g/mol. The number of aromatic nitrogens is 6. The summed E-state index contributed by atoms with van der Waals surface area (Å²) in [6.45, 7) is 5.33. The quantitative estimate of drug-likeness (QED) is 0.600. The van der Waals surface area contributed by atoms with Crippen LogP contribution in [0.4, 0.5) is 23.8 Å². The lowest BCUT2D eigenvalue weighted by Gasteiger charge is -2.48. The SMILES string of the molecule is Cn1cc(C(C)(C)NC(=O)N2CC3(CCn4nc(-c5cnc(N)c(C(F)(F)F)c5)cc43)C2)nn1. The van der Waals surface area contributed by atoms with Crippen LogP contribution in [0.15, 0.2) is 24.5 Å². The summed E-state index contributed by atoms with van der Waals surface area (Å²) in [5, 5.41) is 15.5. The van der Waals surface area contributed by atoms with Gasteiger partial charge in [0.25, 0.3) is 0 Å². The van der Waals surface area contributed by atoms with Gasteiger partial charge in [0, 0.05) is 49.6 Å². The number of aryl methyl sites for hydroxylation is 2. The molecule has 1 fully saturated rings. The number of hydrogen-bond donors (Lipinski definition) is 2. The first-order valence-electron chi connectivity index (χ1n) is 10.7. The number of urea groups is 1. The Hall–Kier alpha value is -3.64. The van der Waals surface area contributed by atoms with E-state index in [1.54, 1.807) is 33.6 Å². The number of nitrogen functional groups attached to an aromatic ring is 1. The topological polar surface area (TPSA) is 120 Å². The molecule has 3 N–H and O–H groups in total. The van der Waals surface area contributed by atoms with Crippen molar-refractivity contribution in [1.82, 2.24) is 40.0 Å². The third-order valence-electron chi connectivity index (χ3n) is 6.58. The Morgan fingerprint density at radius 1 is 1.24 bits per heavy atom. The summed E-state index contributed by atoms with van der Waals surface area (Å²) in [4.78, 5) is 18.3. The molecule has 13 heteroatoms. The van der Waals surface area contributed by atoms with Gasteiger partial charge in [-0.15, -0.1) is 5.10 Å². The highest BCUT2D eigenvalue weighted by Gasteiger charge is 2.52. The smallest absolute Gasteiger partial charge is 0.383 e. The average molecular weight is 475 g/mol. The molecule has 0 radical (unpaired) electrons. The summed E-state index contributed by atoms with van der Waals surface area (Å²) >= 11 is 0. The van der Waals surface area contributed by atoms with Crippen molar-refractivity contribution in [3.8, 4) is 11.3 Å². The number of anilines is 1. The van der Waals surface area contributed by atoms with Gasteiger partial charge in [0.1, 0.15) is 11.5 Å². The molecular formula is C21H24F3N9O. The molecule has 5 rings (SSSR count). The molecule has 0 saturated carbocycles. The van der Waals surface area contributed by atoms with Crippen molar-refractivity contribution in [1.29, 1.82) is 0 Å². The maximum absolute atomic E-state index is 13.2. The minimum atomic E-state index is -4.60. The second-order valence-corrected chi connectivity index (χ2v) is 9.51. The van der Waals surface area contributed by atoms with Crippen LogP contribution < -0.4 is 11.1 Å². The van der Waals surface area contributed by atoms with E-state index >= 15 is 0 Å². The highest BCUT2D eigenvalue weighted by molar-refractivity contribution is 5.77. The molecule has 0 atom stereocenters. The molecule has 5 heterocycles. The first-order valence-corrected chi connectivity index (χ1v) is 10.7. The monoisotopic (exact) mass is 475 g/mol. The van der Waals surface area contributed by atoms with Gasteiger partial charge in [-0.25, -0.2) is 9.78 Å². The van der Waals surface area contributed by atoms with Gasteiger partial charge in [-0.1, -0.05) is 5.21 Å². The molecule has 10 nitrogen and oxygen atoms in total. The standard InChI is InChI=1S/C21H24F3N9O/c1-19(2,15-9-31(3)30-28-15)27-18(34)32-10-20(11-32)4-5-33-16(20)7-14(29-33)12-6-13(21(22,23)24)17(25)26-8-12/h6-9H,4-5,10-11H2,1-3H3,(H2,25,26)(H,27,34). The molecule has 0 bridgehead atoms. The minimum Gasteiger partial charge on any atom is -0.383 e. The van der Waals surface area contributed by atoms with E-state index in [0.29, 0.717) is 31.0 Å². The van der Waals surface area contributed by atoms with Gasteiger partial charge in [-0.05, 0) is 32.4 Å². The lowest BCUT2D eigenvalue weighted by molar-refractivity contribution is -0.137. The zero-order valence-corrected chi connectivity index (χ0v) is 18.9. The maximum Gasteiger partial charge on any atom is 0.419 e. The van der Waals surface area contributed by atoms with Crippen LogP contribution in [-0.4, -0.2) is 53.8 Å².